The van der Waals surface area contributed by atoms with Gasteiger partial charge in [-0.25, -0.2) is 4.98 Å². The highest BCUT2D eigenvalue weighted by Gasteiger charge is 2.10. The fourth-order valence-corrected chi connectivity index (χ4v) is 2.26. The molecule has 6 heteroatoms. The molecule has 1 amide bonds. The van der Waals surface area contributed by atoms with Gasteiger partial charge in [0.25, 0.3) is 5.91 Å². The van der Waals surface area contributed by atoms with E-state index >= 15 is 0 Å². The lowest BCUT2D eigenvalue weighted by atomic mass is 10.3. The number of anilines is 1. The number of hydrogen-bond donors (Lipinski definition) is 2. The molecule has 0 radical (unpaired) electrons. The number of ether oxygens (including phenoxy) is 1. The van der Waals surface area contributed by atoms with E-state index < -0.39 is 0 Å². The van der Waals surface area contributed by atoms with Gasteiger partial charge in [0.05, 0.1) is 13.2 Å². The number of nitrogens with one attached hydrogen (secondary N) is 2. The Kier molecular flexibility index (Phi) is 6.43. The molecule has 21 heavy (non-hydrogen) atoms. The van der Waals surface area contributed by atoms with Gasteiger partial charge in [-0.1, -0.05) is 6.07 Å². The first-order chi connectivity index (χ1) is 10.3. The lowest BCUT2D eigenvalue weighted by Crippen LogP contribution is -2.38. The van der Waals surface area contributed by atoms with Crippen LogP contribution in [-0.4, -0.2) is 61.7 Å². The first-order valence-electron chi connectivity index (χ1n) is 7.59. The molecule has 1 aromatic heterocycles. The minimum absolute atomic E-state index is 0.114. The molecule has 0 aromatic carbocycles. The number of carbonyl (C=O) groups is 1. The van der Waals surface area contributed by atoms with Crippen molar-refractivity contribution in [1.82, 2.24) is 15.2 Å². The minimum atomic E-state index is -0.114. The van der Waals surface area contributed by atoms with E-state index in [1.165, 1.54) is 0 Å². The van der Waals surface area contributed by atoms with E-state index in [9.17, 15) is 4.79 Å². The fourth-order valence-electron chi connectivity index (χ4n) is 2.26. The summed E-state index contributed by atoms with van der Waals surface area (Å²) in [5, 5.41) is 6.02. The van der Waals surface area contributed by atoms with E-state index in [2.05, 4.69) is 20.5 Å². The fraction of sp³-hybridized carbons (Fsp3) is 0.600. The lowest BCUT2D eigenvalue weighted by Gasteiger charge is -2.26. The molecule has 1 aliphatic rings. The second-order valence-corrected chi connectivity index (χ2v) is 5.00. The molecule has 116 valence electrons. The van der Waals surface area contributed by atoms with Gasteiger partial charge in [0, 0.05) is 26.2 Å². The van der Waals surface area contributed by atoms with E-state index in [4.69, 9.17) is 4.74 Å². The van der Waals surface area contributed by atoms with Crippen molar-refractivity contribution < 1.29 is 9.53 Å². The van der Waals surface area contributed by atoms with Crippen LogP contribution in [0.25, 0.3) is 0 Å². The Balaban J connectivity index is 1.70. The molecule has 0 atom stereocenters. The van der Waals surface area contributed by atoms with E-state index in [0.29, 0.717) is 12.2 Å². The first-order valence-corrected chi connectivity index (χ1v) is 7.59. The Morgan fingerprint density at radius 3 is 2.95 bits per heavy atom. The molecule has 0 unspecified atom stereocenters. The summed E-state index contributed by atoms with van der Waals surface area (Å²) in [6.07, 6.45) is 0.943. The molecule has 0 aliphatic carbocycles. The molecule has 0 saturated carbocycles. The lowest BCUT2D eigenvalue weighted by molar-refractivity contribution is 0.0374. The van der Waals surface area contributed by atoms with Crippen molar-refractivity contribution in [3.05, 3.63) is 23.9 Å². The van der Waals surface area contributed by atoms with Crippen molar-refractivity contribution in [2.75, 3.05) is 51.3 Å². The summed E-state index contributed by atoms with van der Waals surface area (Å²) in [6, 6.07) is 5.44. The Bertz CT molecular complexity index is 447. The van der Waals surface area contributed by atoms with Crippen molar-refractivity contribution in [2.24, 2.45) is 0 Å². The van der Waals surface area contributed by atoms with Gasteiger partial charge in [-0.15, -0.1) is 0 Å². The zero-order valence-electron chi connectivity index (χ0n) is 12.6. The quantitative estimate of drug-likeness (QED) is 0.733. The summed E-state index contributed by atoms with van der Waals surface area (Å²) in [5.41, 5.74) is 0.458. The molecule has 2 heterocycles. The summed E-state index contributed by atoms with van der Waals surface area (Å²) >= 11 is 0. The maximum Gasteiger partial charge on any atom is 0.269 e. The second-order valence-electron chi connectivity index (χ2n) is 5.00. The van der Waals surface area contributed by atoms with Crippen LogP contribution in [0.1, 0.15) is 23.8 Å². The predicted octanol–water partition coefficient (Wildman–Crippen LogP) is 0.965. The van der Waals surface area contributed by atoms with Gasteiger partial charge in [-0.2, -0.15) is 0 Å². The SMILES string of the molecule is CCNc1cccc(C(=O)NCCCN2CCOCC2)n1. The largest absolute Gasteiger partial charge is 0.379 e. The molecule has 2 rings (SSSR count). The average molecular weight is 292 g/mol. The maximum absolute atomic E-state index is 12.0. The van der Waals surface area contributed by atoms with Crippen LogP contribution in [0.15, 0.2) is 18.2 Å². The van der Waals surface area contributed by atoms with Gasteiger partial charge in [0.1, 0.15) is 11.5 Å². The number of amides is 1. The van der Waals surface area contributed by atoms with Crippen molar-refractivity contribution in [2.45, 2.75) is 13.3 Å². The third-order valence-corrected chi connectivity index (χ3v) is 3.38. The Morgan fingerprint density at radius 1 is 1.38 bits per heavy atom. The van der Waals surface area contributed by atoms with Gasteiger partial charge in [0.15, 0.2) is 0 Å². The summed E-state index contributed by atoms with van der Waals surface area (Å²) in [5.74, 6) is 0.621. The number of nitrogens with zero attached hydrogens (tertiary/aromatic N) is 2. The Morgan fingerprint density at radius 2 is 2.19 bits per heavy atom. The third kappa shape index (κ3) is 5.32. The average Bonchev–Trinajstić information content (AvgIpc) is 2.53. The molecule has 1 aliphatic heterocycles. The van der Waals surface area contributed by atoms with E-state index in [0.717, 1.165) is 51.6 Å². The zero-order chi connectivity index (χ0) is 14.9. The van der Waals surface area contributed by atoms with Crippen LogP contribution >= 0.6 is 0 Å². The molecule has 0 spiro atoms. The van der Waals surface area contributed by atoms with Crippen LogP contribution in [-0.2, 0) is 4.74 Å². The Labute approximate surface area is 125 Å². The van der Waals surface area contributed by atoms with Crippen molar-refractivity contribution in [1.29, 1.82) is 0 Å². The number of aromatic nitrogens is 1. The maximum atomic E-state index is 12.0. The molecular formula is C15H24N4O2. The Hall–Kier alpha value is -1.66. The van der Waals surface area contributed by atoms with Gasteiger partial charge in [0.2, 0.25) is 0 Å². The standard InChI is InChI=1S/C15H24N4O2/c1-2-16-14-6-3-5-13(18-14)15(20)17-7-4-8-19-9-11-21-12-10-19/h3,5-6H,2,4,7-12H2,1H3,(H,16,18)(H,17,20). The van der Waals surface area contributed by atoms with Gasteiger partial charge in [-0.05, 0) is 32.0 Å². The smallest absolute Gasteiger partial charge is 0.269 e. The highest BCUT2D eigenvalue weighted by molar-refractivity contribution is 5.92. The summed E-state index contributed by atoms with van der Waals surface area (Å²) in [4.78, 5) is 18.7. The highest BCUT2D eigenvalue weighted by atomic mass is 16.5. The van der Waals surface area contributed by atoms with Crippen molar-refractivity contribution >= 4 is 11.7 Å². The number of carbonyl (C=O) groups excluding carboxylic acids is 1. The van der Waals surface area contributed by atoms with Crippen molar-refractivity contribution in [3.8, 4) is 0 Å². The topological polar surface area (TPSA) is 66.5 Å². The van der Waals surface area contributed by atoms with Crippen LogP contribution in [0.2, 0.25) is 0 Å². The molecule has 2 N–H and O–H groups in total. The van der Waals surface area contributed by atoms with Gasteiger partial charge >= 0.3 is 0 Å². The van der Waals surface area contributed by atoms with Crippen LogP contribution in [0.4, 0.5) is 5.82 Å². The normalized spacial score (nSPS) is 15.7. The first kappa shape index (κ1) is 15.7. The monoisotopic (exact) mass is 292 g/mol. The van der Waals surface area contributed by atoms with E-state index in [1.807, 2.05) is 19.1 Å². The summed E-state index contributed by atoms with van der Waals surface area (Å²) in [6.45, 7) is 8.05. The molecule has 1 saturated heterocycles. The second kappa shape index (κ2) is 8.59. The molecule has 1 fully saturated rings. The van der Waals surface area contributed by atoms with E-state index in [1.54, 1.807) is 6.07 Å². The summed E-state index contributed by atoms with van der Waals surface area (Å²) in [7, 11) is 0. The van der Waals surface area contributed by atoms with E-state index in [-0.39, 0.29) is 5.91 Å². The van der Waals surface area contributed by atoms with Gasteiger partial charge < -0.3 is 15.4 Å². The van der Waals surface area contributed by atoms with Crippen LogP contribution in [0.3, 0.4) is 0 Å². The minimum Gasteiger partial charge on any atom is -0.379 e. The third-order valence-electron chi connectivity index (χ3n) is 3.38. The number of pyridine rings is 1. The van der Waals surface area contributed by atoms with Crippen LogP contribution in [0, 0.1) is 0 Å². The predicted molar refractivity (Wildman–Crippen MR) is 82.6 cm³/mol. The molecule has 6 nitrogen and oxygen atoms in total. The molecular weight excluding hydrogens is 268 g/mol. The summed E-state index contributed by atoms with van der Waals surface area (Å²) < 4.78 is 5.31. The molecule has 1 aromatic rings. The highest BCUT2D eigenvalue weighted by Crippen LogP contribution is 2.04. The van der Waals surface area contributed by atoms with Crippen molar-refractivity contribution in [3.63, 3.8) is 0 Å². The number of rotatable bonds is 7. The van der Waals surface area contributed by atoms with Crippen LogP contribution in [0.5, 0.6) is 0 Å². The van der Waals surface area contributed by atoms with Gasteiger partial charge in [-0.3, -0.25) is 9.69 Å². The number of morpholine rings is 1. The molecule has 0 bridgehead atoms. The zero-order valence-corrected chi connectivity index (χ0v) is 12.6. The number of hydrogen-bond acceptors (Lipinski definition) is 5. The van der Waals surface area contributed by atoms with Crippen LogP contribution < -0.4 is 10.6 Å².